The molecule has 1 aliphatic rings. The van der Waals surface area contributed by atoms with Crippen LogP contribution in [0.3, 0.4) is 0 Å². The van der Waals surface area contributed by atoms with E-state index in [1.807, 2.05) is 18.7 Å². The topological polar surface area (TPSA) is 69.6 Å². The molecule has 0 spiro atoms. The Labute approximate surface area is 109 Å². The molecule has 0 aromatic heterocycles. The van der Waals surface area contributed by atoms with Crippen LogP contribution in [0.2, 0.25) is 0 Å². The van der Waals surface area contributed by atoms with E-state index in [-0.39, 0.29) is 23.7 Å². The molecule has 1 aliphatic heterocycles. The molecule has 0 unspecified atom stereocenters. The van der Waals surface area contributed by atoms with Gasteiger partial charge in [0, 0.05) is 31.5 Å². The highest BCUT2D eigenvalue weighted by Crippen LogP contribution is 2.18. The maximum absolute atomic E-state index is 11.8. The largest absolute Gasteiger partial charge is 0.392 e. The fraction of sp³-hybridized carbons (Fsp3) is 0.846. The first-order chi connectivity index (χ1) is 8.41. The predicted molar refractivity (Wildman–Crippen MR) is 68.8 cm³/mol. The lowest BCUT2D eigenvalue weighted by Gasteiger charge is -2.32. The SMILES string of the molecule is CC(C)C(=O)N1CCC(C(=O)NC[C@@H](C)O)CC1. The molecule has 5 nitrogen and oxygen atoms in total. The van der Waals surface area contributed by atoms with Gasteiger partial charge in [0.1, 0.15) is 0 Å². The number of nitrogens with zero attached hydrogens (tertiary/aromatic N) is 1. The second-order valence-electron chi connectivity index (χ2n) is 5.35. The zero-order valence-corrected chi connectivity index (χ0v) is 11.5. The third kappa shape index (κ3) is 4.29. The minimum atomic E-state index is -0.517. The first-order valence-electron chi connectivity index (χ1n) is 6.66. The zero-order valence-electron chi connectivity index (χ0n) is 11.5. The van der Waals surface area contributed by atoms with Gasteiger partial charge in [-0.05, 0) is 19.8 Å². The number of piperidine rings is 1. The predicted octanol–water partition coefficient (Wildman–Crippen LogP) is 0.378. The van der Waals surface area contributed by atoms with Crippen LogP contribution in [-0.4, -0.2) is 47.6 Å². The third-order valence-corrected chi connectivity index (χ3v) is 3.24. The lowest BCUT2D eigenvalue weighted by atomic mass is 9.95. The minimum Gasteiger partial charge on any atom is -0.392 e. The third-order valence-electron chi connectivity index (χ3n) is 3.24. The van der Waals surface area contributed by atoms with Crippen molar-refractivity contribution in [3.8, 4) is 0 Å². The van der Waals surface area contributed by atoms with Gasteiger partial charge in [-0.3, -0.25) is 9.59 Å². The van der Waals surface area contributed by atoms with Gasteiger partial charge in [-0.15, -0.1) is 0 Å². The van der Waals surface area contributed by atoms with Gasteiger partial charge >= 0.3 is 0 Å². The maximum Gasteiger partial charge on any atom is 0.225 e. The van der Waals surface area contributed by atoms with Crippen molar-refractivity contribution in [2.24, 2.45) is 11.8 Å². The van der Waals surface area contributed by atoms with Crippen molar-refractivity contribution < 1.29 is 14.7 Å². The molecule has 0 aromatic rings. The molecule has 0 aromatic carbocycles. The average Bonchev–Trinajstić information content (AvgIpc) is 2.35. The van der Waals surface area contributed by atoms with Gasteiger partial charge in [0.05, 0.1) is 6.10 Å². The number of hydrogen-bond donors (Lipinski definition) is 2. The average molecular weight is 256 g/mol. The highest BCUT2D eigenvalue weighted by molar-refractivity contribution is 5.80. The standard InChI is InChI=1S/C13H24N2O3/c1-9(2)13(18)15-6-4-11(5-7-15)12(17)14-8-10(3)16/h9-11,16H,4-8H2,1-3H3,(H,14,17)/t10-/m1/s1. The molecule has 1 atom stereocenters. The number of nitrogens with one attached hydrogen (secondary N) is 1. The molecule has 5 heteroatoms. The molecule has 0 radical (unpaired) electrons. The number of carbonyl (C=O) groups is 2. The summed E-state index contributed by atoms with van der Waals surface area (Å²) in [6, 6.07) is 0. The minimum absolute atomic E-state index is 0.00690. The van der Waals surface area contributed by atoms with Gasteiger partial charge in [-0.1, -0.05) is 13.8 Å². The Balaban J connectivity index is 2.35. The van der Waals surface area contributed by atoms with Crippen LogP contribution in [0, 0.1) is 11.8 Å². The molecule has 1 heterocycles. The Morgan fingerprint density at radius 1 is 1.28 bits per heavy atom. The fourth-order valence-electron chi connectivity index (χ4n) is 2.12. The van der Waals surface area contributed by atoms with Crippen molar-refractivity contribution in [1.29, 1.82) is 0 Å². The van der Waals surface area contributed by atoms with Crippen LogP contribution in [0.15, 0.2) is 0 Å². The molecule has 1 saturated heterocycles. The van der Waals surface area contributed by atoms with E-state index in [0.29, 0.717) is 32.5 Å². The maximum atomic E-state index is 11.8. The Bertz CT molecular complexity index is 295. The lowest BCUT2D eigenvalue weighted by molar-refractivity contribution is -0.138. The Kier molecular flexibility index (Phi) is 5.59. The molecule has 0 bridgehead atoms. The van der Waals surface area contributed by atoms with Crippen molar-refractivity contribution in [2.45, 2.75) is 39.7 Å². The molecule has 2 amide bonds. The molecule has 2 N–H and O–H groups in total. The van der Waals surface area contributed by atoms with Crippen molar-refractivity contribution in [2.75, 3.05) is 19.6 Å². The summed E-state index contributed by atoms with van der Waals surface area (Å²) in [6.07, 6.45) is 0.908. The highest BCUT2D eigenvalue weighted by Gasteiger charge is 2.27. The second kappa shape index (κ2) is 6.73. The van der Waals surface area contributed by atoms with Gasteiger partial charge in [0.15, 0.2) is 0 Å². The molecular weight excluding hydrogens is 232 g/mol. The van der Waals surface area contributed by atoms with Crippen LogP contribution < -0.4 is 5.32 Å². The van der Waals surface area contributed by atoms with Crippen molar-refractivity contribution in [3.05, 3.63) is 0 Å². The molecule has 1 fully saturated rings. The van der Waals surface area contributed by atoms with Gasteiger partial charge in [-0.25, -0.2) is 0 Å². The summed E-state index contributed by atoms with van der Waals surface area (Å²) in [4.78, 5) is 25.4. The quantitative estimate of drug-likeness (QED) is 0.764. The Morgan fingerprint density at radius 2 is 1.83 bits per heavy atom. The number of amides is 2. The van der Waals surface area contributed by atoms with E-state index in [1.54, 1.807) is 6.92 Å². The summed E-state index contributed by atoms with van der Waals surface area (Å²) in [5.41, 5.74) is 0. The van der Waals surface area contributed by atoms with Crippen molar-refractivity contribution in [3.63, 3.8) is 0 Å². The van der Waals surface area contributed by atoms with E-state index in [0.717, 1.165) is 0 Å². The first kappa shape index (κ1) is 15.0. The summed E-state index contributed by atoms with van der Waals surface area (Å²) in [5, 5.41) is 11.8. The Morgan fingerprint density at radius 3 is 2.28 bits per heavy atom. The number of aliphatic hydroxyl groups is 1. The van der Waals surface area contributed by atoms with Gasteiger partial charge in [-0.2, -0.15) is 0 Å². The van der Waals surface area contributed by atoms with Crippen LogP contribution in [0.4, 0.5) is 0 Å². The number of hydrogen-bond acceptors (Lipinski definition) is 3. The van der Waals surface area contributed by atoms with E-state index in [1.165, 1.54) is 0 Å². The van der Waals surface area contributed by atoms with Crippen LogP contribution in [0.5, 0.6) is 0 Å². The molecule has 104 valence electrons. The number of aliphatic hydroxyl groups excluding tert-OH is 1. The highest BCUT2D eigenvalue weighted by atomic mass is 16.3. The van der Waals surface area contributed by atoms with Crippen LogP contribution >= 0.6 is 0 Å². The zero-order chi connectivity index (χ0) is 13.7. The lowest BCUT2D eigenvalue weighted by Crippen LogP contribution is -2.45. The Hall–Kier alpha value is -1.10. The number of carbonyl (C=O) groups excluding carboxylic acids is 2. The first-order valence-corrected chi connectivity index (χ1v) is 6.66. The fourth-order valence-corrected chi connectivity index (χ4v) is 2.12. The van der Waals surface area contributed by atoms with Crippen LogP contribution in [0.1, 0.15) is 33.6 Å². The molecule has 0 saturated carbocycles. The summed E-state index contributed by atoms with van der Waals surface area (Å²) >= 11 is 0. The van der Waals surface area contributed by atoms with Crippen molar-refractivity contribution >= 4 is 11.8 Å². The van der Waals surface area contributed by atoms with Crippen LogP contribution in [-0.2, 0) is 9.59 Å². The van der Waals surface area contributed by atoms with Gasteiger partial charge < -0.3 is 15.3 Å². The molecular formula is C13H24N2O3. The molecule has 1 rings (SSSR count). The van der Waals surface area contributed by atoms with E-state index in [2.05, 4.69) is 5.32 Å². The summed E-state index contributed by atoms with van der Waals surface area (Å²) in [7, 11) is 0. The summed E-state index contributed by atoms with van der Waals surface area (Å²) in [6.45, 7) is 7.04. The van der Waals surface area contributed by atoms with Gasteiger partial charge in [0.25, 0.3) is 0 Å². The van der Waals surface area contributed by atoms with Crippen LogP contribution in [0.25, 0.3) is 0 Å². The monoisotopic (exact) mass is 256 g/mol. The normalized spacial score (nSPS) is 18.8. The smallest absolute Gasteiger partial charge is 0.225 e. The summed E-state index contributed by atoms with van der Waals surface area (Å²) in [5.74, 6) is 0.149. The number of rotatable bonds is 4. The van der Waals surface area contributed by atoms with E-state index < -0.39 is 6.10 Å². The van der Waals surface area contributed by atoms with E-state index in [9.17, 15) is 9.59 Å². The number of likely N-dealkylation sites (tertiary alicyclic amines) is 1. The van der Waals surface area contributed by atoms with Gasteiger partial charge in [0.2, 0.25) is 11.8 Å². The second-order valence-corrected chi connectivity index (χ2v) is 5.35. The molecule has 0 aliphatic carbocycles. The van der Waals surface area contributed by atoms with E-state index in [4.69, 9.17) is 5.11 Å². The van der Waals surface area contributed by atoms with Crippen molar-refractivity contribution in [1.82, 2.24) is 10.2 Å². The molecule has 18 heavy (non-hydrogen) atoms. The van der Waals surface area contributed by atoms with E-state index >= 15 is 0 Å². The summed E-state index contributed by atoms with van der Waals surface area (Å²) < 4.78 is 0.